The van der Waals surface area contributed by atoms with E-state index in [0.29, 0.717) is 17.8 Å². The van der Waals surface area contributed by atoms with Crippen LogP contribution in [-0.4, -0.2) is 72.7 Å². The van der Waals surface area contributed by atoms with Crippen molar-refractivity contribution in [2.24, 2.45) is 0 Å². The highest BCUT2D eigenvalue weighted by Gasteiger charge is 2.27. The molecule has 2 aliphatic rings. The van der Waals surface area contributed by atoms with Gasteiger partial charge in [-0.2, -0.15) is 0 Å². The largest absolute Gasteiger partial charge is 0.467 e. The maximum Gasteiger partial charge on any atom is 0.188 e. The van der Waals surface area contributed by atoms with Gasteiger partial charge in [0.25, 0.3) is 0 Å². The monoisotopic (exact) mass is 468 g/mol. The molecule has 0 aliphatic carbocycles. The molecule has 2 saturated heterocycles. The van der Waals surface area contributed by atoms with Gasteiger partial charge < -0.3 is 24.4 Å². The molecule has 174 valence electrons. The molecule has 3 aromatic rings. The van der Waals surface area contributed by atoms with Crippen molar-refractivity contribution in [3.05, 3.63) is 35.3 Å². The van der Waals surface area contributed by atoms with Crippen molar-refractivity contribution in [2.75, 3.05) is 45.1 Å². The molecule has 2 atom stereocenters. The smallest absolute Gasteiger partial charge is 0.188 e. The molecule has 0 amide bonds. The van der Waals surface area contributed by atoms with Crippen LogP contribution < -0.4 is 15.0 Å². The van der Waals surface area contributed by atoms with E-state index < -0.39 is 0 Å². The summed E-state index contributed by atoms with van der Waals surface area (Å²) >= 11 is 1.55. The SMILES string of the molecule is COCOc1cc(-c2nnc(C)s2)ccc1-c1ccc(N2CC[C@@H](NC3CCOC3)C2)nn1. The summed E-state index contributed by atoms with van der Waals surface area (Å²) < 4.78 is 16.5. The number of nitrogens with one attached hydrogen (secondary N) is 1. The maximum absolute atomic E-state index is 5.85. The topological polar surface area (TPSA) is 94.5 Å². The fourth-order valence-corrected chi connectivity index (χ4v) is 4.95. The van der Waals surface area contributed by atoms with Gasteiger partial charge in [-0.15, -0.1) is 20.4 Å². The fraction of sp³-hybridized carbons (Fsp3) is 0.478. The van der Waals surface area contributed by atoms with E-state index >= 15 is 0 Å². The molecule has 5 rings (SSSR count). The van der Waals surface area contributed by atoms with Gasteiger partial charge in [-0.05, 0) is 44.0 Å². The lowest BCUT2D eigenvalue weighted by Gasteiger charge is -2.20. The van der Waals surface area contributed by atoms with Gasteiger partial charge in [0, 0.05) is 50.0 Å². The van der Waals surface area contributed by atoms with Crippen LogP contribution in [0.15, 0.2) is 30.3 Å². The molecular formula is C23H28N6O3S. The molecule has 1 aromatic carbocycles. The Hall–Kier alpha value is -2.66. The Labute approximate surface area is 197 Å². The van der Waals surface area contributed by atoms with Crippen LogP contribution in [0.3, 0.4) is 0 Å². The maximum atomic E-state index is 5.85. The first-order valence-electron chi connectivity index (χ1n) is 11.2. The highest BCUT2D eigenvalue weighted by molar-refractivity contribution is 7.14. The van der Waals surface area contributed by atoms with Gasteiger partial charge in [-0.1, -0.05) is 17.4 Å². The van der Waals surface area contributed by atoms with E-state index in [4.69, 9.17) is 14.2 Å². The van der Waals surface area contributed by atoms with Crippen molar-refractivity contribution in [2.45, 2.75) is 31.8 Å². The zero-order chi connectivity index (χ0) is 22.6. The first-order chi connectivity index (χ1) is 16.2. The molecule has 1 N–H and O–H groups in total. The van der Waals surface area contributed by atoms with Crippen LogP contribution in [-0.2, 0) is 9.47 Å². The third kappa shape index (κ3) is 5.14. The Morgan fingerprint density at radius 2 is 2.06 bits per heavy atom. The minimum Gasteiger partial charge on any atom is -0.467 e. The van der Waals surface area contributed by atoms with Gasteiger partial charge in [0.1, 0.15) is 15.8 Å². The molecule has 0 radical (unpaired) electrons. The summed E-state index contributed by atoms with van der Waals surface area (Å²) in [5, 5.41) is 22.9. The van der Waals surface area contributed by atoms with E-state index in [1.54, 1.807) is 18.4 Å². The van der Waals surface area contributed by atoms with E-state index in [1.165, 1.54) is 0 Å². The molecule has 0 saturated carbocycles. The van der Waals surface area contributed by atoms with E-state index in [2.05, 4.69) is 30.6 Å². The van der Waals surface area contributed by atoms with Crippen molar-refractivity contribution in [1.82, 2.24) is 25.7 Å². The number of hydrogen-bond acceptors (Lipinski definition) is 10. The van der Waals surface area contributed by atoms with E-state index in [-0.39, 0.29) is 6.79 Å². The van der Waals surface area contributed by atoms with Gasteiger partial charge in [-0.3, -0.25) is 0 Å². The number of aryl methyl sites for hydroxylation is 1. The normalized spacial score (nSPS) is 20.5. The molecule has 0 spiro atoms. The summed E-state index contributed by atoms with van der Waals surface area (Å²) in [5.74, 6) is 1.57. The predicted octanol–water partition coefficient (Wildman–Crippen LogP) is 2.91. The molecule has 1 unspecified atom stereocenters. The fourth-order valence-electron chi connectivity index (χ4n) is 4.26. The highest BCUT2D eigenvalue weighted by Crippen LogP contribution is 2.34. The summed E-state index contributed by atoms with van der Waals surface area (Å²) in [6.07, 6.45) is 2.19. The van der Waals surface area contributed by atoms with E-state index in [0.717, 1.165) is 71.8 Å². The molecule has 9 nitrogen and oxygen atoms in total. The van der Waals surface area contributed by atoms with E-state index in [9.17, 15) is 0 Å². The van der Waals surface area contributed by atoms with Crippen LogP contribution in [0.1, 0.15) is 17.8 Å². The molecule has 10 heteroatoms. The van der Waals surface area contributed by atoms with Crippen molar-refractivity contribution in [3.8, 4) is 27.6 Å². The zero-order valence-corrected chi connectivity index (χ0v) is 19.7. The lowest BCUT2D eigenvalue weighted by atomic mass is 10.1. The van der Waals surface area contributed by atoms with Crippen molar-refractivity contribution >= 4 is 17.2 Å². The molecule has 2 fully saturated rings. The molecule has 4 heterocycles. The second kappa shape index (κ2) is 10.1. The Morgan fingerprint density at radius 3 is 2.79 bits per heavy atom. The van der Waals surface area contributed by atoms with Gasteiger partial charge in [-0.25, -0.2) is 0 Å². The number of methoxy groups -OCH3 is 1. The average molecular weight is 469 g/mol. The summed E-state index contributed by atoms with van der Waals surface area (Å²) in [7, 11) is 1.60. The number of nitrogens with zero attached hydrogens (tertiary/aromatic N) is 5. The molecule has 0 bridgehead atoms. The predicted molar refractivity (Wildman–Crippen MR) is 127 cm³/mol. The van der Waals surface area contributed by atoms with Crippen molar-refractivity contribution < 1.29 is 14.2 Å². The van der Waals surface area contributed by atoms with Crippen LogP contribution >= 0.6 is 11.3 Å². The summed E-state index contributed by atoms with van der Waals surface area (Å²) in [6.45, 7) is 5.66. The number of rotatable bonds is 8. The lowest BCUT2D eigenvalue weighted by molar-refractivity contribution is 0.0515. The van der Waals surface area contributed by atoms with Crippen LogP contribution in [0.5, 0.6) is 5.75 Å². The summed E-state index contributed by atoms with van der Waals surface area (Å²) in [4.78, 5) is 2.29. The van der Waals surface area contributed by atoms with Crippen LogP contribution in [0.2, 0.25) is 0 Å². The van der Waals surface area contributed by atoms with Crippen LogP contribution in [0, 0.1) is 6.92 Å². The quantitative estimate of drug-likeness (QED) is 0.501. The van der Waals surface area contributed by atoms with Crippen molar-refractivity contribution in [1.29, 1.82) is 0 Å². The summed E-state index contributed by atoms with van der Waals surface area (Å²) in [5.41, 5.74) is 2.56. The van der Waals surface area contributed by atoms with Crippen LogP contribution in [0.25, 0.3) is 21.8 Å². The van der Waals surface area contributed by atoms with Crippen molar-refractivity contribution in [3.63, 3.8) is 0 Å². The third-order valence-corrected chi connectivity index (χ3v) is 6.81. The Balaban J connectivity index is 1.31. The zero-order valence-electron chi connectivity index (χ0n) is 18.9. The highest BCUT2D eigenvalue weighted by atomic mass is 32.1. The second-order valence-corrected chi connectivity index (χ2v) is 9.51. The second-order valence-electron chi connectivity index (χ2n) is 8.32. The average Bonchev–Trinajstić information content (AvgIpc) is 3.61. The number of aromatic nitrogens is 4. The van der Waals surface area contributed by atoms with Gasteiger partial charge in [0.2, 0.25) is 0 Å². The minimum absolute atomic E-state index is 0.144. The number of benzene rings is 1. The Morgan fingerprint density at radius 1 is 1.12 bits per heavy atom. The molecule has 2 aromatic heterocycles. The molecule has 33 heavy (non-hydrogen) atoms. The number of anilines is 1. The first-order valence-corrected chi connectivity index (χ1v) is 12.0. The Kier molecular flexibility index (Phi) is 6.77. The molecular weight excluding hydrogens is 440 g/mol. The summed E-state index contributed by atoms with van der Waals surface area (Å²) in [6, 6.07) is 10.9. The van der Waals surface area contributed by atoms with Gasteiger partial charge >= 0.3 is 0 Å². The van der Waals surface area contributed by atoms with Gasteiger partial charge in [0.15, 0.2) is 12.6 Å². The van der Waals surface area contributed by atoms with Crippen LogP contribution in [0.4, 0.5) is 5.82 Å². The standard InChI is InChI=1S/C23H28N6O3S/c1-15-25-28-23(33-15)16-3-4-19(21(11-16)32-14-30-2)20-5-6-22(27-26-20)29-9-7-17(12-29)24-18-8-10-31-13-18/h3-6,11,17-18,24H,7-10,12-14H2,1-2H3/t17-,18?/m1/s1. The minimum atomic E-state index is 0.144. The van der Waals surface area contributed by atoms with E-state index in [1.807, 2.05) is 37.3 Å². The number of hydrogen-bond donors (Lipinski definition) is 1. The molecule has 2 aliphatic heterocycles. The third-order valence-electron chi connectivity index (χ3n) is 5.93. The lowest BCUT2D eigenvalue weighted by Crippen LogP contribution is -2.40. The number of ether oxygens (including phenoxy) is 3. The first kappa shape index (κ1) is 22.1. The Bertz CT molecular complexity index is 1070. The van der Waals surface area contributed by atoms with Gasteiger partial charge in [0.05, 0.1) is 12.3 Å².